The number of benzene rings is 1. The van der Waals surface area contributed by atoms with Crippen molar-refractivity contribution in [2.45, 2.75) is 68.6 Å². The van der Waals surface area contributed by atoms with Crippen molar-refractivity contribution in [1.29, 1.82) is 0 Å². The molecule has 1 radical (unpaired) electrons. The molecule has 113 valence electrons. The van der Waals surface area contributed by atoms with Gasteiger partial charge < -0.3 is 0 Å². The SMILES string of the molecule is [CH2]Cc1cc(SCCCCC)cc(SCCCCC)c1. The molecule has 2 heteroatoms. The van der Waals surface area contributed by atoms with Gasteiger partial charge in [0, 0.05) is 9.79 Å². The molecule has 1 aromatic rings. The standard InChI is InChI=1S/C18H29S2/c1-4-7-9-11-19-17-13-16(6-3)14-18(15-17)20-12-10-8-5-2/h13-15H,3-12H2,1-2H3. The van der Waals surface area contributed by atoms with Crippen LogP contribution >= 0.6 is 23.5 Å². The number of rotatable bonds is 11. The van der Waals surface area contributed by atoms with E-state index in [2.05, 4.69) is 39.0 Å². The predicted octanol–water partition coefficient (Wildman–Crippen LogP) is 6.63. The minimum Gasteiger partial charge on any atom is -0.126 e. The van der Waals surface area contributed by atoms with Crippen molar-refractivity contribution in [3.05, 3.63) is 30.7 Å². The largest absolute Gasteiger partial charge is 0.126 e. The molecule has 0 aliphatic rings. The quantitative estimate of drug-likeness (QED) is 0.332. The van der Waals surface area contributed by atoms with E-state index in [1.54, 1.807) is 0 Å². The first-order valence-electron chi connectivity index (χ1n) is 7.99. The zero-order chi connectivity index (χ0) is 14.6. The third-order valence-corrected chi connectivity index (χ3v) is 5.39. The summed E-state index contributed by atoms with van der Waals surface area (Å²) in [4.78, 5) is 2.86. The van der Waals surface area contributed by atoms with Gasteiger partial charge in [0.15, 0.2) is 0 Å². The van der Waals surface area contributed by atoms with E-state index in [0.29, 0.717) is 0 Å². The summed E-state index contributed by atoms with van der Waals surface area (Å²) in [6.07, 6.45) is 8.85. The molecule has 0 unspecified atom stereocenters. The van der Waals surface area contributed by atoms with Gasteiger partial charge in [-0.1, -0.05) is 39.5 Å². The normalized spacial score (nSPS) is 10.9. The van der Waals surface area contributed by atoms with Gasteiger partial charge in [0.25, 0.3) is 0 Å². The molecule has 0 aliphatic heterocycles. The van der Waals surface area contributed by atoms with Crippen LogP contribution in [0.5, 0.6) is 0 Å². The van der Waals surface area contributed by atoms with Gasteiger partial charge in [0.05, 0.1) is 0 Å². The van der Waals surface area contributed by atoms with Crippen molar-refractivity contribution in [2.75, 3.05) is 11.5 Å². The lowest BCUT2D eigenvalue weighted by Crippen LogP contribution is -1.87. The van der Waals surface area contributed by atoms with Crippen molar-refractivity contribution >= 4 is 23.5 Å². The van der Waals surface area contributed by atoms with E-state index in [4.69, 9.17) is 0 Å². The third-order valence-electron chi connectivity index (χ3n) is 3.26. The van der Waals surface area contributed by atoms with Gasteiger partial charge in [-0.2, -0.15) is 0 Å². The highest BCUT2D eigenvalue weighted by Gasteiger charge is 2.02. The fourth-order valence-corrected chi connectivity index (χ4v) is 4.16. The lowest BCUT2D eigenvalue weighted by Gasteiger charge is -2.08. The highest BCUT2D eigenvalue weighted by Crippen LogP contribution is 2.28. The maximum Gasteiger partial charge on any atom is 0.00858 e. The lowest BCUT2D eigenvalue weighted by atomic mass is 10.2. The van der Waals surface area contributed by atoms with E-state index in [0.717, 1.165) is 6.42 Å². The Bertz CT molecular complexity index is 330. The summed E-state index contributed by atoms with van der Waals surface area (Å²) in [5.74, 6) is 2.49. The molecule has 1 aromatic carbocycles. The van der Waals surface area contributed by atoms with E-state index in [1.807, 2.05) is 23.5 Å². The van der Waals surface area contributed by atoms with Crippen molar-refractivity contribution < 1.29 is 0 Å². The topological polar surface area (TPSA) is 0 Å². The van der Waals surface area contributed by atoms with E-state index in [9.17, 15) is 0 Å². The van der Waals surface area contributed by atoms with Crippen LogP contribution in [0.15, 0.2) is 28.0 Å². The number of thioether (sulfide) groups is 2. The number of hydrogen-bond acceptors (Lipinski definition) is 2. The van der Waals surface area contributed by atoms with Crippen molar-refractivity contribution in [2.24, 2.45) is 0 Å². The van der Waals surface area contributed by atoms with Crippen LogP contribution in [-0.4, -0.2) is 11.5 Å². The lowest BCUT2D eigenvalue weighted by molar-refractivity contribution is 0.778. The van der Waals surface area contributed by atoms with Crippen LogP contribution in [-0.2, 0) is 6.42 Å². The van der Waals surface area contributed by atoms with Crippen LogP contribution in [0.25, 0.3) is 0 Å². The Balaban J connectivity index is 2.51. The maximum absolute atomic E-state index is 4.04. The molecule has 0 N–H and O–H groups in total. The average molecular weight is 310 g/mol. The number of unbranched alkanes of at least 4 members (excludes halogenated alkanes) is 4. The van der Waals surface area contributed by atoms with Crippen LogP contribution in [0, 0.1) is 6.92 Å². The van der Waals surface area contributed by atoms with Gasteiger partial charge in [0.2, 0.25) is 0 Å². The molecule has 0 amide bonds. The highest BCUT2D eigenvalue weighted by atomic mass is 32.2. The molecule has 0 atom stereocenters. The second-order valence-electron chi connectivity index (χ2n) is 5.17. The Morgan fingerprint density at radius 3 is 1.70 bits per heavy atom. The summed E-state index contributed by atoms with van der Waals surface area (Å²) in [7, 11) is 0. The molecule has 0 aliphatic carbocycles. The monoisotopic (exact) mass is 309 g/mol. The average Bonchev–Trinajstić information content (AvgIpc) is 2.48. The van der Waals surface area contributed by atoms with E-state index < -0.39 is 0 Å². The van der Waals surface area contributed by atoms with Crippen LogP contribution < -0.4 is 0 Å². The van der Waals surface area contributed by atoms with Crippen LogP contribution in [0.1, 0.15) is 57.9 Å². The van der Waals surface area contributed by atoms with Gasteiger partial charge in [0.1, 0.15) is 0 Å². The molecule has 0 saturated carbocycles. The molecule has 1 rings (SSSR count). The summed E-state index contributed by atoms with van der Waals surface area (Å²) in [5, 5.41) is 0. The second kappa shape index (κ2) is 11.6. The molecule has 0 aromatic heterocycles. The Labute approximate surface area is 134 Å². The van der Waals surface area contributed by atoms with Crippen molar-refractivity contribution in [3.8, 4) is 0 Å². The van der Waals surface area contributed by atoms with E-state index >= 15 is 0 Å². The number of hydrogen-bond donors (Lipinski definition) is 0. The first kappa shape index (κ1) is 18.0. The van der Waals surface area contributed by atoms with Gasteiger partial charge in [-0.05, 0) is 61.5 Å². The summed E-state index contributed by atoms with van der Waals surface area (Å²) in [6, 6.07) is 7.01. The van der Waals surface area contributed by atoms with E-state index in [-0.39, 0.29) is 0 Å². The molecule has 0 nitrogen and oxygen atoms in total. The molecule has 0 bridgehead atoms. The fraction of sp³-hybridized carbons (Fsp3) is 0.611. The van der Waals surface area contributed by atoms with Crippen LogP contribution in [0.3, 0.4) is 0 Å². The van der Waals surface area contributed by atoms with Gasteiger partial charge >= 0.3 is 0 Å². The Kier molecular flexibility index (Phi) is 10.4. The maximum atomic E-state index is 4.04. The Morgan fingerprint density at radius 2 is 1.30 bits per heavy atom. The van der Waals surface area contributed by atoms with Crippen molar-refractivity contribution in [3.63, 3.8) is 0 Å². The fourth-order valence-electron chi connectivity index (χ4n) is 2.03. The van der Waals surface area contributed by atoms with Gasteiger partial charge in [-0.25, -0.2) is 0 Å². The molecular weight excluding hydrogens is 280 g/mol. The minimum absolute atomic E-state index is 0.895. The molecular formula is C18H29S2. The second-order valence-corrected chi connectivity index (χ2v) is 7.51. The minimum atomic E-state index is 0.895. The third kappa shape index (κ3) is 7.64. The van der Waals surface area contributed by atoms with Crippen LogP contribution in [0.4, 0.5) is 0 Å². The zero-order valence-electron chi connectivity index (χ0n) is 13.1. The van der Waals surface area contributed by atoms with E-state index in [1.165, 1.54) is 65.4 Å². The molecule has 0 saturated heterocycles. The summed E-state index contributed by atoms with van der Waals surface area (Å²) < 4.78 is 0. The van der Waals surface area contributed by atoms with Gasteiger partial charge in [-0.15, -0.1) is 23.5 Å². The first-order valence-corrected chi connectivity index (χ1v) is 9.96. The summed E-state index contributed by atoms with van der Waals surface area (Å²) >= 11 is 4.01. The zero-order valence-corrected chi connectivity index (χ0v) is 14.8. The summed E-state index contributed by atoms with van der Waals surface area (Å²) in [5.41, 5.74) is 1.38. The first-order chi connectivity index (χ1) is 9.80. The van der Waals surface area contributed by atoms with Crippen LogP contribution in [0.2, 0.25) is 0 Å². The smallest absolute Gasteiger partial charge is 0.00858 e. The molecule has 0 fully saturated rings. The Hall–Kier alpha value is -0.0800. The van der Waals surface area contributed by atoms with Crippen molar-refractivity contribution in [1.82, 2.24) is 0 Å². The van der Waals surface area contributed by atoms with Gasteiger partial charge in [-0.3, -0.25) is 0 Å². The Morgan fingerprint density at radius 1 is 0.800 bits per heavy atom. The summed E-state index contributed by atoms with van der Waals surface area (Å²) in [6.45, 7) is 8.57. The molecule has 0 spiro atoms. The highest BCUT2D eigenvalue weighted by molar-refractivity contribution is 8.00. The molecule has 0 heterocycles. The molecule has 20 heavy (non-hydrogen) atoms. The predicted molar refractivity (Wildman–Crippen MR) is 96.0 cm³/mol.